The van der Waals surface area contributed by atoms with Gasteiger partial charge in [-0.25, -0.2) is 9.18 Å². The molecule has 2 aromatic carbocycles. The molecule has 30 heavy (non-hydrogen) atoms. The molecule has 0 aliphatic carbocycles. The molecule has 0 radical (unpaired) electrons. The van der Waals surface area contributed by atoms with Crippen LogP contribution in [-0.2, 0) is 17.7 Å². The van der Waals surface area contributed by atoms with Gasteiger partial charge in [0.1, 0.15) is 5.82 Å². The minimum Gasteiger partial charge on any atom is -0.465 e. The second kappa shape index (κ2) is 9.13. The number of hydrogen-bond donors (Lipinski definition) is 0. The molecule has 4 nitrogen and oxygen atoms in total. The molecule has 0 amide bonds. The van der Waals surface area contributed by atoms with Gasteiger partial charge >= 0.3 is 5.97 Å². The molecule has 158 valence electrons. The molecule has 0 N–H and O–H groups in total. The van der Waals surface area contributed by atoms with E-state index < -0.39 is 5.97 Å². The molecule has 0 saturated carbocycles. The molecule has 0 aliphatic heterocycles. The van der Waals surface area contributed by atoms with Crippen molar-refractivity contribution in [3.8, 4) is 0 Å². The van der Waals surface area contributed by atoms with Crippen LogP contribution in [-0.4, -0.2) is 23.4 Å². The first kappa shape index (κ1) is 22.2. The fourth-order valence-corrected chi connectivity index (χ4v) is 4.04. The first-order chi connectivity index (χ1) is 14.3. The quantitative estimate of drug-likeness (QED) is 0.304. The Morgan fingerprint density at radius 2 is 1.90 bits per heavy atom. The van der Waals surface area contributed by atoms with E-state index in [9.17, 15) is 14.0 Å². The van der Waals surface area contributed by atoms with Gasteiger partial charge in [-0.3, -0.25) is 4.79 Å². The molecule has 0 aliphatic rings. The summed E-state index contributed by atoms with van der Waals surface area (Å²) in [5.74, 6) is -0.906. The normalized spacial score (nSPS) is 11.3. The topological polar surface area (TPSA) is 48.3 Å². The maximum atomic E-state index is 14.6. The van der Waals surface area contributed by atoms with Gasteiger partial charge in [0.15, 0.2) is 5.78 Å². The van der Waals surface area contributed by atoms with Crippen LogP contribution in [0.1, 0.15) is 59.2 Å². The van der Waals surface area contributed by atoms with Crippen molar-refractivity contribution in [3.05, 3.63) is 69.1 Å². The number of carbonyl (C=O) groups is 2. The first-order valence-corrected chi connectivity index (χ1v) is 10.8. The van der Waals surface area contributed by atoms with Gasteiger partial charge in [0.25, 0.3) is 0 Å². The summed E-state index contributed by atoms with van der Waals surface area (Å²) in [6.07, 6.45) is 1.51. The third kappa shape index (κ3) is 4.19. The zero-order valence-corrected chi connectivity index (χ0v) is 19.2. The molecule has 1 heterocycles. The van der Waals surface area contributed by atoms with E-state index >= 15 is 0 Å². The number of rotatable bonds is 7. The van der Waals surface area contributed by atoms with Gasteiger partial charge in [-0.15, -0.1) is 0 Å². The maximum absolute atomic E-state index is 14.6. The molecule has 0 fully saturated rings. The lowest BCUT2D eigenvalue weighted by atomic mass is 9.96. The third-order valence-electron chi connectivity index (χ3n) is 5.19. The number of aromatic nitrogens is 1. The molecule has 1 aromatic heterocycles. The number of carbonyl (C=O) groups excluding carboxylic acids is 2. The van der Waals surface area contributed by atoms with Crippen LogP contribution in [0.25, 0.3) is 10.9 Å². The van der Waals surface area contributed by atoms with E-state index in [0.29, 0.717) is 27.6 Å². The van der Waals surface area contributed by atoms with Crippen LogP contribution >= 0.6 is 15.9 Å². The molecule has 0 unspecified atom stereocenters. The van der Waals surface area contributed by atoms with Crippen molar-refractivity contribution in [2.45, 2.75) is 40.2 Å². The highest BCUT2D eigenvalue weighted by Crippen LogP contribution is 2.32. The van der Waals surface area contributed by atoms with Gasteiger partial charge < -0.3 is 9.30 Å². The summed E-state index contributed by atoms with van der Waals surface area (Å²) in [6, 6.07) is 10.2. The second-order valence-corrected chi connectivity index (χ2v) is 8.55. The molecular formula is C24H25BrFNO3. The molecule has 0 bridgehead atoms. The monoisotopic (exact) mass is 473 g/mol. The van der Waals surface area contributed by atoms with E-state index in [2.05, 4.69) is 15.9 Å². The average Bonchev–Trinajstić information content (AvgIpc) is 3.01. The van der Waals surface area contributed by atoms with Crippen molar-refractivity contribution in [3.63, 3.8) is 0 Å². The van der Waals surface area contributed by atoms with E-state index in [1.54, 1.807) is 30.3 Å². The number of ether oxygens (including phenoxy) is 1. The zero-order valence-electron chi connectivity index (χ0n) is 17.6. The number of benzene rings is 2. The van der Waals surface area contributed by atoms with Crippen LogP contribution in [0.15, 0.2) is 40.9 Å². The first-order valence-electron chi connectivity index (χ1n) is 10.00. The fraction of sp³-hybridized carbons (Fsp3) is 0.333. The molecule has 0 saturated heterocycles. The Labute approximate surface area is 184 Å². The van der Waals surface area contributed by atoms with Gasteiger partial charge in [0, 0.05) is 32.6 Å². The van der Waals surface area contributed by atoms with Crippen LogP contribution in [0.3, 0.4) is 0 Å². The maximum Gasteiger partial charge on any atom is 0.337 e. The smallest absolute Gasteiger partial charge is 0.337 e. The van der Waals surface area contributed by atoms with Crippen LogP contribution < -0.4 is 0 Å². The second-order valence-electron chi connectivity index (χ2n) is 7.64. The number of methoxy groups -OCH3 is 1. The summed E-state index contributed by atoms with van der Waals surface area (Å²) in [6.45, 7) is 6.06. The van der Waals surface area contributed by atoms with Crippen LogP contribution in [0.2, 0.25) is 0 Å². The largest absolute Gasteiger partial charge is 0.465 e. The van der Waals surface area contributed by atoms with Crippen molar-refractivity contribution < 1.29 is 18.7 Å². The van der Waals surface area contributed by atoms with Gasteiger partial charge in [-0.1, -0.05) is 55.3 Å². The average molecular weight is 474 g/mol. The lowest BCUT2D eigenvalue weighted by molar-refractivity contribution is 0.0600. The molecule has 0 atom stereocenters. The fourth-order valence-electron chi connectivity index (χ4n) is 3.71. The summed E-state index contributed by atoms with van der Waals surface area (Å²) in [4.78, 5) is 25.2. The van der Waals surface area contributed by atoms with E-state index in [1.165, 1.54) is 13.2 Å². The summed E-state index contributed by atoms with van der Waals surface area (Å²) in [5.41, 5.74) is 3.17. The van der Waals surface area contributed by atoms with Gasteiger partial charge in [0.05, 0.1) is 24.7 Å². The lowest BCUT2D eigenvalue weighted by Gasteiger charge is -2.13. The van der Waals surface area contributed by atoms with Crippen molar-refractivity contribution in [1.82, 2.24) is 4.57 Å². The molecule has 6 heteroatoms. The molecule has 0 spiro atoms. The highest BCUT2D eigenvalue weighted by atomic mass is 79.9. The zero-order chi connectivity index (χ0) is 22.0. The van der Waals surface area contributed by atoms with Gasteiger partial charge in [0.2, 0.25) is 0 Å². The number of Topliss-reactive ketones (excluding diaryl/α,β-unsaturated/α-hetero) is 1. The summed E-state index contributed by atoms with van der Waals surface area (Å²) in [5, 5.41) is 0.780. The predicted molar refractivity (Wildman–Crippen MR) is 120 cm³/mol. The minimum atomic E-state index is -0.451. The summed E-state index contributed by atoms with van der Waals surface area (Å²) in [7, 11) is 1.33. The number of nitrogens with zero attached hydrogens (tertiary/aromatic N) is 1. The van der Waals surface area contributed by atoms with Crippen LogP contribution in [0, 0.1) is 11.7 Å². The van der Waals surface area contributed by atoms with Gasteiger partial charge in [-0.2, -0.15) is 0 Å². The SMILES string of the molecule is CCCc1c(C(=O)C(C)C)c2ccc(C(=O)OC)cc2n1Cc1ccc(Br)cc1F. The predicted octanol–water partition coefficient (Wildman–Crippen LogP) is 6.17. The van der Waals surface area contributed by atoms with E-state index in [0.717, 1.165) is 23.0 Å². The Morgan fingerprint density at radius 3 is 2.50 bits per heavy atom. The standard InChI is InChI=1S/C24H25BrFNO3/c1-5-6-20-22(23(28)14(2)3)18-10-8-15(24(29)30-4)11-21(18)27(20)13-16-7-9-17(25)12-19(16)26/h7-12,14H,5-6,13H2,1-4H3. The Balaban J connectivity index is 2.31. The Kier molecular flexibility index (Phi) is 6.76. The minimum absolute atomic E-state index is 0.0456. The van der Waals surface area contributed by atoms with Crippen molar-refractivity contribution in [2.75, 3.05) is 7.11 Å². The van der Waals surface area contributed by atoms with Crippen molar-refractivity contribution in [2.24, 2.45) is 5.92 Å². The van der Waals surface area contributed by atoms with E-state index in [4.69, 9.17) is 4.74 Å². The Hall–Kier alpha value is -2.47. The molecule has 3 aromatic rings. The van der Waals surface area contributed by atoms with Crippen LogP contribution in [0.4, 0.5) is 4.39 Å². The van der Waals surface area contributed by atoms with Crippen molar-refractivity contribution in [1.29, 1.82) is 0 Å². The number of hydrogen-bond acceptors (Lipinski definition) is 3. The highest BCUT2D eigenvalue weighted by Gasteiger charge is 2.25. The Bertz CT molecular complexity index is 1120. The molecule has 3 rings (SSSR count). The third-order valence-corrected chi connectivity index (χ3v) is 5.69. The van der Waals surface area contributed by atoms with E-state index in [-0.39, 0.29) is 24.1 Å². The van der Waals surface area contributed by atoms with Crippen LogP contribution in [0.5, 0.6) is 0 Å². The Morgan fingerprint density at radius 1 is 1.17 bits per heavy atom. The number of fused-ring (bicyclic) bond motifs is 1. The highest BCUT2D eigenvalue weighted by molar-refractivity contribution is 9.10. The number of halogens is 2. The van der Waals surface area contributed by atoms with E-state index in [1.807, 2.05) is 25.3 Å². The summed E-state index contributed by atoms with van der Waals surface area (Å²) >= 11 is 3.29. The number of esters is 1. The summed E-state index contributed by atoms with van der Waals surface area (Å²) < 4.78 is 22.1. The van der Waals surface area contributed by atoms with Crippen molar-refractivity contribution >= 4 is 38.6 Å². The number of ketones is 1. The molecular weight excluding hydrogens is 449 g/mol. The lowest BCUT2D eigenvalue weighted by Crippen LogP contribution is -2.13. The van der Waals surface area contributed by atoms with Gasteiger partial charge in [-0.05, 0) is 30.7 Å².